The molecule has 1 atom stereocenters. The van der Waals surface area contributed by atoms with E-state index in [4.69, 9.17) is 9.47 Å². The van der Waals surface area contributed by atoms with Crippen LogP contribution in [0, 0.1) is 0 Å². The van der Waals surface area contributed by atoms with Crippen molar-refractivity contribution < 1.29 is 19.4 Å². The Bertz CT molecular complexity index is 622. The molecule has 110 valence electrons. The van der Waals surface area contributed by atoms with Gasteiger partial charge in [0.25, 0.3) is 0 Å². The van der Waals surface area contributed by atoms with E-state index < -0.39 is 11.9 Å². The van der Waals surface area contributed by atoms with E-state index in [-0.39, 0.29) is 0 Å². The zero-order valence-electron chi connectivity index (χ0n) is 12.1. The Morgan fingerprint density at radius 2 is 1.86 bits per heavy atom. The number of methoxy groups -OCH3 is 2. The van der Waals surface area contributed by atoms with Crippen LogP contribution in [0.2, 0.25) is 0 Å². The number of hydrogen-bond acceptors (Lipinski definition) is 3. The van der Waals surface area contributed by atoms with Crippen molar-refractivity contribution in [1.29, 1.82) is 0 Å². The summed E-state index contributed by atoms with van der Waals surface area (Å²) in [6.45, 7) is 0. The Morgan fingerprint density at radius 1 is 1.10 bits per heavy atom. The summed E-state index contributed by atoms with van der Waals surface area (Å²) in [6, 6.07) is 14.6. The first-order valence-corrected chi connectivity index (χ1v) is 6.64. The molecule has 0 radical (unpaired) electrons. The lowest BCUT2D eigenvalue weighted by Crippen LogP contribution is -2.15. The molecule has 4 nitrogen and oxygen atoms in total. The fourth-order valence-electron chi connectivity index (χ4n) is 2.30. The predicted molar refractivity (Wildman–Crippen MR) is 80.1 cm³/mol. The molecule has 0 spiro atoms. The van der Waals surface area contributed by atoms with E-state index in [2.05, 4.69) is 0 Å². The zero-order chi connectivity index (χ0) is 15.2. The summed E-state index contributed by atoms with van der Waals surface area (Å²) in [6.07, 6.45) is 0.368. The SMILES string of the molecule is COc1cccc(C(Cc2ccccc2OC)C(=O)O)c1. The summed E-state index contributed by atoms with van der Waals surface area (Å²) in [5.74, 6) is -0.156. The fourth-order valence-corrected chi connectivity index (χ4v) is 2.30. The molecule has 0 aliphatic heterocycles. The van der Waals surface area contributed by atoms with Crippen LogP contribution in [0.5, 0.6) is 11.5 Å². The van der Waals surface area contributed by atoms with Gasteiger partial charge in [0.2, 0.25) is 0 Å². The molecule has 0 aromatic heterocycles. The lowest BCUT2D eigenvalue weighted by Gasteiger charge is -2.15. The van der Waals surface area contributed by atoms with E-state index in [1.807, 2.05) is 24.3 Å². The van der Waals surface area contributed by atoms with Crippen LogP contribution in [0.3, 0.4) is 0 Å². The second kappa shape index (κ2) is 6.79. The number of para-hydroxylation sites is 1. The van der Waals surface area contributed by atoms with Crippen LogP contribution in [0.25, 0.3) is 0 Å². The predicted octanol–water partition coefficient (Wildman–Crippen LogP) is 3.11. The number of benzene rings is 2. The van der Waals surface area contributed by atoms with Crippen LogP contribution in [0.15, 0.2) is 48.5 Å². The van der Waals surface area contributed by atoms with Crippen molar-refractivity contribution in [3.63, 3.8) is 0 Å². The van der Waals surface area contributed by atoms with Gasteiger partial charge in [-0.2, -0.15) is 0 Å². The zero-order valence-corrected chi connectivity index (χ0v) is 12.1. The van der Waals surface area contributed by atoms with Crippen molar-refractivity contribution in [3.8, 4) is 11.5 Å². The maximum Gasteiger partial charge on any atom is 0.311 e. The first-order chi connectivity index (χ1) is 10.2. The van der Waals surface area contributed by atoms with Gasteiger partial charge in [0.1, 0.15) is 11.5 Å². The van der Waals surface area contributed by atoms with Gasteiger partial charge in [0.15, 0.2) is 0 Å². The van der Waals surface area contributed by atoms with Crippen molar-refractivity contribution in [2.24, 2.45) is 0 Å². The first-order valence-electron chi connectivity index (χ1n) is 6.64. The van der Waals surface area contributed by atoms with Crippen LogP contribution >= 0.6 is 0 Å². The largest absolute Gasteiger partial charge is 0.497 e. The third-order valence-electron chi connectivity index (χ3n) is 3.41. The summed E-state index contributed by atoms with van der Waals surface area (Å²) >= 11 is 0. The second-order valence-corrected chi connectivity index (χ2v) is 4.68. The standard InChI is InChI=1S/C17H18O4/c1-20-14-8-5-7-12(10-14)15(17(18)19)11-13-6-3-4-9-16(13)21-2/h3-10,15H,11H2,1-2H3,(H,18,19). The molecular formula is C17H18O4. The van der Waals surface area contributed by atoms with E-state index in [1.54, 1.807) is 38.5 Å². The van der Waals surface area contributed by atoms with E-state index in [9.17, 15) is 9.90 Å². The maximum atomic E-state index is 11.6. The Morgan fingerprint density at radius 3 is 2.52 bits per heavy atom. The Labute approximate surface area is 123 Å². The highest BCUT2D eigenvalue weighted by molar-refractivity contribution is 5.77. The van der Waals surface area contributed by atoms with Crippen LogP contribution < -0.4 is 9.47 Å². The molecular weight excluding hydrogens is 268 g/mol. The molecule has 2 aromatic carbocycles. The van der Waals surface area contributed by atoms with Crippen molar-refractivity contribution in [2.45, 2.75) is 12.3 Å². The topological polar surface area (TPSA) is 55.8 Å². The Hall–Kier alpha value is -2.49. The lowest BCUT2D eigenvalue weighted by molar-refractivity contribution is -0.138. The quantitative estimate of drug-likeness (QED) is 0.886. The Balaban J connectivity index is 2.33. The van der Waals surface area contributed by atoms with Gasteiger partial charge in [-0.1, -0.05) is 30.3 Å². The van der Waals surface area contributed by atoms with Crippen molar-refractivity contribution in [3.05, 3.63) is 59.7 Å². The third-order valence-corrected chi connectivity index (χ3v) is 3.41. The number of carbonyl (C=O) groups is 1. The minimum absolute atomic E-state index is 0.368. The number of aliphatic carboxylic acids is 1. The number of ether oxygens (including phenoxy) is 2. The summed E-state index contributed by atoms with van der Waals surface area (Å²) in [5.41, 5.74) is 1.59. The maximum absolute atomic E-state index is 11.6. The molecule has 0 aliphatic carbocycles. The number of rotatable bonds is 6. The molecule has 0 bridgehead atoms. The minimum atomic E-state index is -0.867. The molecule has 0 fully saturated rings. The summed E-state index contributed by atoms with van der Waals surface area (Å²) < 4.78 is 10.5. The van der Waals surface area contributed by atoms with Gasteiger partial charge in [0.05, 0.1) is 20.1 Å². The second-order valence-electron chi connectivity index (χ2n) is 4.68. The molecule has 21 heavy (non-hydrogen) atoms. The van der Waals surface area contributed by atoms with Gasteiger partial charge in [-0.15, -0.1) is 0 Å². The van der Waals surface area contributed by atoms with Gasteiger partial charge in [-0.05, 0) is 35.7 Å². The summed E-state index contributed by atoms with van der Waals surface area (Å²) in [4.78, 5) is 11.6. The van der Waals surface area contributed by atoms with Gasteiger partial charge in [0, 0.05) is 0 Å². The number of hydrogen-bond donors (Lipinski definition) is 1. The normalized spacial score (nSPS) is 11.7. The average molecular weight is 286 g/mol. The molecule has 0 heterocycles. The van der Waals surface area contributed by atoms with E-state index in [0.29, 0.717) is 23.5 Å². The molecule has 4 heteroatoms. The first kappa shape index (κ1) is 14.9. The fraction of sp³-hybridized carbons (Fsp3) is 0.235. The Kier molecular flexibility index (Phi) is 4.82. The van der Waals surface area contributed by atoms with Crippen LogP contribution in [0.4, 0.5) is 0 Å². The molecule has 0 saturated carbocycles. The summed E-state index contributed by atoms with van der Waals surface area (Å²) in [5, 5.41) is 9.53. The van der Waals surface area contributed by atoms with Crippen molar-refractivity contribution >= 4 is 5.97 Å². The van der Waals surface area contributed by atoms with Crippen LogP contribution in [-0.4, -0.2) is 25.3 Å². The van der Waals surface area contributed by atoms with E-state index in [1.165, 1.54) is 0 Å². The monoisotopic (exact) mass is 286 g/mol. The van der Waals surface area contributed by atoms with Crippen molar-refractivity contribution in [1.82, 2.24) is 0 Å². The number of carboxylic acids is 1. The van der Waals surface area contributed by atoms with Crippen LogP contribution in [0.1, 0.15) is 17.0 Å². The number of carboxylic acid groups (broad SMARTS) is 1. The molecule has 1 N–H and O–H groups in total. The molecule has 0 aliphatic rings. The van der Waals surface area contributed by atoms with Gasteiger partial charge in [-0.25, -0.2) is 0 Å². The molecule has 0 amide bonds. The minimum Gasteiger partial charge on any atom is -0.497 e. The van der Waals surface area contributed by atoms with Crippen molar-refractivity contribution in [2.75, 3.05) is 14.2 Å². The highest BCUT2D eigenvalue weighted by Crippen LogP contribution is 2.28. The van der Waals surface area contributed by atoms with E-state index in [0.717, 1.165) is 5.56 Å². The highest BCUT2D eigenvalue weighted by Gasteiger charge is 2.22. The third kappa shape index (κ3) is 3.54. The molecule has 1 unspecified atom stereocenters. The van der Waals surface area contributed by atoms with Gasteiger partial charge >= 0.3 is 5.97 Å². The summed E-state index contributed by atoms with van der Waals surface area (Å²) in [7, 11) is 3.15. The smallest absolute Gasteiger partial charge is 0.311 e. The average Bonchev–Trinajstić information content (AvgIpc) is 2.52. The molecule has 2 aromatic rings. The van der Waals surface area contributed by atoms with Crippen LogP contribution in [-0.2, 0) is 11.2 Å². The molecule has 2 rings (SSSR count). The molecule has 0 saturated heterocycles. The van der Waals surface area contributed by atoms with E-state index >= 15 is 0 Å². The van der Waals surface area contributed by atoms with Gasteiger partial charge in [-0.3, -0.25) is 4.79 Å². The highest BCUT2D eigenvalue weighted by atomic mass is 16.5. The van der Waals surface area contributed by atoms with Gasteiger partial charge < -0.3 is 14.6 Å². The lowest BCUT2D eigenvalue weighted by atomic mass is 9.91.